The number of anilines is 4. The number of rotatable bonds is 5. The zero-order valence-corrected chi connectivity index (χ0v) is 17.5. The molecule has 0 saturated carbocycles. The normalized spacial score (nSPS) is 14.3. The fourth-order valence-electron chi connectivity index (χ4n) is 3.68. The van der Waals surface area contributed by atoms with E-state index in [1.54, 1.807) is 0 Å². The van der Waals surface area contributed by atoms with Crippen molar-refractivity contribution in [3.05, 3.63) is 71.9 Å². The van der Waals surface area contributed by atoms with Gasteiger partial charge in [-0.2, -0.15) is 4.98 Å². The third-order valence-corrected chi connectivity index (χ3v) is 5.44. The highest BCUT2D eigenvalue weighted by Crippen LogP contribution is 2.22. The number of aryl methyl sites for hydroxylation is 1. The number of nitrogens with zero attached hydrogens (tertiary/aromatic N) is 4. The first kappa shape index (κ1) is 19.2. The Labute approximate surface area is 173 Å². The van der Waals surface area contributed by atoms with E-state index < -0.39 is 0 Å². The SMILES string of the molecule is Cc1cccc(N2CCN(c3ccnc(Nc4ccc(C(C)C)cc4)n3)CC2)c1. The van der Waals surface area contributed by atoms with E-state index in [0.717, 1.165) is 37.7 Å². The molecule has 0 aliphatic carbocycles. The highest BCUT2D eigenvalue weighted by Gasteiger charge is 2.19. The summed E-state index contributed by atoms with van der Waals surface area (Å²) in [6.45, 7) is 10.4. The van der Waals surface area contributed by atoms with Gasteiger partial charge in [0.15, 0.2) is 0 Å². The van der Waals surface area contributed by atoms with Crippen molar-refractivity contribution in [3.63, 3.8) is 0 Å². The van der Waals surface area contributed by atoms with Crippen molar-refractivity contribution in [2.45, 2.75) is 26.7 Å². The number of aromatic nitrogens is 2. The van der Waals surface area contributed by atoms with Crippen LogP contribution in [-0.2, 0) is 0 Å². The van der Waals surface area contributed by atoms with Crippen molar-refractivity contribution < 1.29 is 0 Å². The van der Waals surface area contributed by atoms with E-state index in [0.29, 0.717) is 11.9 Å². The lowest BCUT2D eigenvalue weighted by atomic mass is 10.0. The minimum absolute atomic E-state index is 0.530. The molecule has 0 spiro atoms. The molecule has 29 heavy (non-hydrogen) atoms. The van der Waals surface area contributed by atoms with Crippen LogP contribution in [0.1, 0.15) is 30.9 Å². The molecule has 2 aromatic carbocycles. The molecule has 150 valence electrons. The van der Waals surface area contributed by atoms with Gasteiger partial charge in [-0.25, -0.2) is 4.98 Å². The van der Waals surface area contributed by atoms with Crippen molar-refractivity contribution in [1.29, 1.82) is 0 Å². The summed E-state index contributed by atoms with van der Waals surface area (Å²) in [7, 11) is 0. The van der Waals surface area contributed by atoms with Crippen LogP contribution in [-0.4, -0.2) is 36.1 Å². The van der Waals surface area contributed by atoms with Crippen LogP contribution in [0.25, 0.3) is 0 Å². The molecule has 0 unspecified atom stereocenters. The predicted molar refractivity (Wildman–Crippen MR) is 121 cm³/mol. The van der Waals surface area contributed by atoms with Crippen LogP contribution in [0.4, 0.5) is 23.1 Å². The smallest absolute Gasteiger partial charge is 0.229 e. The summed E-state index contributed by atoms with van der Waals surface area (Å²) in [4.78, 5) is 13.9. The van der Waals surface area contributed by atoms with Gasteiger partial charge in [0.1, 0.15) is 5.82 Å². The van der Waals surface area contributed by atoms with Crippen LogP contribution in [0.15, 0.2) is 60.8 Å². The average molecular weight is 388 g/mol. The highest BCUT2D eigenvalue weighted by atomic mass is 15.3. The number of benzene rings is 2. The molecule has 4 rings (SSSR count). The third-order valence-electron chi connectivity index (χ3n) is 5.44. The second-order valence-electron chi connectivity index (χ2n) is 7.95. The molecule has 1 aromatic heterocycles. The van der Waals surface area contributed by atoms with Gasteiger partial charge in [-0.3, -0.25) is 0 Å². The molecule has 2 heterocycles. The Balaban J connectivity index is 1.40. The van der Waals surface area contributed by atoms with E-state index in [-0.39, 0.29) is 0 Å². The van der Waals surface area contributed by atoms with E-state index in [9.17, 15) is 0 Å². The van der Waals surface area contributed by atoms with Gasteiger partial charge in [-0.1, -0.05) is 38.1 Å². The van der Waals surface area contributed by atoms with E-state index in [1.165, 1.54) is 16.8 Å². The van der Waals surface area contributed by atoms with Crippen molar-refractivity contribution in [1.82, 2.24) is 9.97 Å². The molecule has 1 N–H and O–H groups in total. The molecule has 1 fully saturated rings. The van der Waals surface area contributed by atoms with E-state index in [1.807, 2.05) is 12.3 Å². The van der Waals surface area contributed by atoms with Crippen LogP contribution in [0.3, 0.4) is 0 Å². The third kappa shape index (κ3) is 4.67. The summed E-state index contributed by atoms with van der Waals surface area (Å²) >= 11 is 0. The van der Waals surface area contributed by atoms with Gasteiger partial charge in [-0.15, -0.1) is 0 Å². The first-order chi connectivity index (χ1) is 14.1. The zero-order chi connectivity index (χ0) is 20.2. The fraction of sp³-hybridized carbons (Fsp3) is 0.333. The zero-order valence-electron chi connectivity index (χ0n) is 17.5. The Morgan fingerprint density at radius 2 is 1.62 bits per heavy atom. The van der Waals surface area contributed by atoms with Gasteiger partial charge in [0.05, 0.1) is 0 Å². The Morgan fingerprint density at radius 1 is 0.897 bits per heavy atom. The van der Waals surface area contributed by atoms with Crippen LogP contribution in [0, 0.1) is 6.92 Å². The van der Waals surface area contributed by atoms with Gasteiger partial charge in [-0.05, 0) is 54.3 Å². The average Bonchev–Trinajstić information content (AvgIpc) is 2.74. The van der Waals surface area contributed by atoms with Crippen molar-refractivity contribution in [3.8, 4) is 0 Å². The van der Waals surface area contributed by atoms with Gasteiger partial charge < -0.3 is 15.1 Å². The minimum Gasteiger partial charge on any atom is -0.368 e. The first-order valence-corrected chi connectivity index (χ1v) is 10.3. The number of nitrogens with one attached hydrogen (secondary N) is 1. The highest BCUT2D eigenvalue weighted by molar-refractivity contribution is 5.56. The maximum absolute atomic E-state index is 4.75. The van der Waals surface area contributed by atoms with Gasteiger partial charge >= 0.3 is 0 Å². The topological polar surface area (TPSA) is 44.3 Å². The molecule has 3 aromatic rings. The second-order valence-corrected chi connectivity index (χ2v) is 7.95. The first-order valence-electron chi connectivity index (χ1n) is 10.3. The quantitative estimate of drug-likeness (QED) is 0.669. The Kier molecular flexibility index (Phi) is 5.65. The molecular formula is C24H29N5. The lowest BCUT2D eigenvalue weighted by molar-refractivity contribution is 0.647. The summed E-state index contributed by atoms with van der Waals surface area (Å²) < 4.78 is 0. The van der Waals surface area contributed by atoms with E-state index in [4.69, 9.17) is 4.98 Å². The summed E-state index contributed by atoms with van der Waals surface area (Å²) in [5.74, 6) is 2.15. The molecule has 0 atom stereocenters. The van der Waals surface area contributed by atoms with Crippen LogP contribution >= 0.6 is 0 Å². The Hall–Kier alpha value is -3.08. The molecule has 0 radical (unpaired) electrons. The van der Waals surface area contributed by atoms with Gasteiger partial charge in [0.2, 0.25) is 5.95 Å². The standard InChI is InChI=1S/C24H29N5/c1-18(2)20-7-9-21(10-8-20)26-24-25-12-11-23(27-24)29-15-13-28(14-16-29)22-6-4-5-19(3)17-22/h4-12,17-18H,13-16H2,1-3H3,(H,25,26,27). The molecule has 5 nitrogen and oxygen atoms in total. The number of hydrogen-bond donors (Lipinski definition) is 1. The lowest BCUT2D eigenvalue weighted by Gasteiger charge is -2.36. The summed E-state index contributed by atoms with van der Waals surface area (Å²) in [5, 5.41) is 3.33. The summed E-state index contributed by atoms with van der Waals surface area (Å²) in [6.07, 6.45) is 1.83. The molecular weight excluding hydrogens is 358 g/mol. The predicted octanol–water partition coefficient (Wildman–Crippen LogP) is 4.98. The molecule has 0 bridgehead atoms. The molecule has 5 heteroatoms. The monoisotopic (exact) mass is 387 g/mol. The number of piperazine rings is 1. The molecule has 0 amide bonds. The largest absolute Gasteiger partial charge is 0.368 e. The van der Waals surface area contributed by atoms with Crippen molar-refractivity contribution >= 4 is 23.1 Å². The van der Waals surface area contributed by atoms with Crippen LogP contribution in [0.5, 0.6) is 0 Å². The maximum atomic E-state index is 4.75. The maximum Gasteiger partial charge on any atom is 0.229 e. The second kappa shape index (κ2) is 8.52. The van der Waals surface area contributed by atoms with Gasteiger partial charge in [0.25, 0.3) is 0 Å². The van der Waals surface area contributed by atoms with E-state index in [2.05, 4.69) is 89.4 Å². The number of hydrogen-bond acceptors (Lipinski definition) is 5. The molecule has 1 aliphatic rings. The van der Waals surface area contributed by atoms with Crippen molar-refractivity contribution in [2.75, 3.05) is 41.3 Å². The Bertz CT molecular complexity index is 943. The summed E-state index contributed by atoms with van der Waals surface area (Å²) in [5.41, 5.74) is 4.95. The molecule has 1 aliphatic heterocycles. The van der Waals surface area contributed by atoms with Crippen LogP contribution < -0.4 is 15.1 Å². The summed E-state index contributed by atoms with van der Waals surface area (Å²) in [6, 6.07) is 19.2. The van der Waals surface area contributed by atoms with Crippen molar-refractivity contribution in [2.24, 2.45) is 0 Å². The molecule has 1 saturated heterocycles. The minimum atomic E-state index is 0.530. The van der Waals surface area contributed by atoms with Gasteiger partial charge in [0, 0.05) is 43.8 Å². The fourth-order valence-corrected chi connectivity index (χ4v) is 3.68. The lowest BCUT2D eigenvalue weighted by Crippen LogP contribution is -2.46. The van der Waals surface area contributed by atoms with Crippen LogP contribution in [0.2, 0.25) is 0 Å². The van der Waals surface area contributed by atoms with E-state index >= 15 is 0 Å². The Morgan fingerprint density at radius 3 is 2.31 bits per heavy atom.